The highest BCUT2D eigenvalue weighted by Gasteiger charge is 2.01. The second-order valence-corrected chi connectivity index (χ2v) is 2.61. The summed E-state index contributed by atoms with van der Waals surface area (Å²) < 4.78 is 2.01. The number of hydrogen-bond donors (Lipinski definition) is 0. The Hall–Kier alpha value is -1.57. The quantitative estimate of drug-likeness (QED) is 0.642. The minimum absolute atomic E-state index is 0.870. The number of rotatable bonds is 4. The maximum atomic E-state index is 4.22. The average Bonchev–Trinajstić information content (AvgIpc) is 2.56. The number of aryl methyl sites for hydroxylation is 1. The number of allylic oxidation sites excluding steroid dienone is 2. The predicted octanol–water partition coefficient (Wildman–Crippen LogP) is 2.75. The highest BCUT2D eigenvalue weighted by atomic mass is 15.1. The van der Waals surface area contributed by atoms with Gasteiger partial charge in [0.2, 0.25) is 0 Å². The van der Waals surface area contributed by atoms with Gasteiger partial charge >= 0.3 is 0 Å². The van der Waals surface area contributed by atoms with Crippen LogP contribution in [0, 0.1) is 0 Å². The Kier molecular flexibility index (Phi) is 3.26. The molecular formula is C11H14N2. The van der Waals surface area contributed by atoms with Crippen molar-refractivity contribution >= 4 is 12.3 Å². The Balaban J connectivity index is 3.11. The van der Waals surface area contributed by atoms with Gasteiger partial charge in [-0.2, -0.15) is 0 Å². The fraction of sp³-hybridized carbons (Fsp3) is 0.182. The molecule has 2 nitrogen and oxygen atoms in total. The maximum Gasteiger partial charge on any atom is 0.136 e. The lowest BCUT2D eigenvalue weighted by molar-refractivity contribution is 0.967. The van der Waals surface area contributed by atoms with Gasteiger partial charge < -0.3 is 4.57 Å². The zero-order valence-corrected chi connectivity index (χ0v) is 7.90. The van der Waals surface area contributed by atoms with E-state index in [0.29, 0.717) is 0 Å². The molecule has 1 rings (SSSR count). The second-order valence-electron chi connectivity index (χ2n) is 2.61. The van der Waals surface area contributed by atoms with Gasteiger partial charge in [-0.1, -0.05) is 26.2 Å². The lowest BCUT2D eigenvalue weighted by Gasteiger charge is -2.01. The molecule has 1 heterocycles. The van der Waals surface area contributed by atoms with Gasteiger partial charge in [0.05, 0.1) is 0 Å². The van der Waals surface area contributed by atoms with Gasteiger partial charge in [-0.3, -0.25) is 0 Å². The zero-order valence-electron chi connectivity index (χ0n) is 7.90. The van der Waals surface area contributed by atoms with Gasteiger partial charge in [0.15, 0.2) is 0 Å². The van der Waals surface area contributed by atoms with Crippen molar-refractivity contribution in [2.24, 2.45) is 0 Å². The van der Waals surface area contributed by atoms with Crippen molar-refractivity contribution in [3.8, 4) is 0 Å². The van der Waals surface area contributed by atoms with E-state index in [2.05, 4.69) is 25.1 Å². The first-order valence-corrected chi connectivity index (χ1v) is 4.31. The first-order valence-electron chi connectivity index (χ1n) is 4.31. The van der Waals surface area contributed by atoms with Gasteiger partial charge in [-0.05, 0) is 18.6 Å². The van der Waals surface area contributed by atoms with Gasteiger partial charge in [0.1, 0.15) is 5.82 Å². The van der Waals surface area contributed by atoms with Crippen LogP contribution in [0.3, 0.4) is 0 Å². The molecule has 0 N–H and O–H groups in total. The maximum absolute atomic E-state index is 4.22. The van der Waals surface area contributed by atoms with Crippen molar-refractivity contribution < 1.29 is 0 Å². The van der Waals surface area contributed by atoms with E-state index in [4.69, 9.17) is 0 Å². The summed E-state index contributed by atoms with van der Waals surface area (Å²) in [5.74, 6) is 0.870. The Morgan fingerprint density at radius 3 is 2.85 bits per heavy atom. The number of nitrogens with zero attached hydrogens (tertiary/aromatic N) is 2. The molecule has 0 radical (unpaired) electrons. The summed E-state index contributed by atoms with van der Waals surface area (Å²) in [6.45, 7) is 9.43. The molecular weight excluding hydrogens is 160 g/mol. The molecule has 0 unspecified atom stereocenters. The Morgan fingerprint density at radius 2 is 2.31 bits per heavy atom. The van der Waals surface area contributed by atoms with Crippen molar-refractivity contribution in [1.82, 2.24) is 9.55 Å². The van der Waals surface area contributed by atoms with E-state index in [0.717, 1.165) is 12.2 Å². The molecule has 0 saturated carbocycles. The molecule has 13 heavy (non-hydrogen) atoms. The van der Waals surface area contributed by atoms with Crippen LogP contribution in [0.25, 0.3) is 12.3 Å². The lowest BCUT2D eigenvalue weighted by Crippen LogP contribution is -1.95. The van der Waals surface area contributed by atoms with E-state index in [9.17, 15) is 0 Å². The smallest absolute Gasteiger partial charge is 0.136 e. The highest BCUT2D eigenvalue weighted by molar-refractivity contribution is 5.45. The molecule has 0 bridgehead atoms. The summed E-state index contributed by atoms with van der Waals surface area (Å²) in [5.41, 5.74) is 1.17. The third kappa shape index (κ3) is 1.96. The van der Waals surface area contributed by atoms with Crippen LogP contribution in [0.4, 0.5) is 0 Å². The predicted molar refractivity (Wildman–Crippen MR) is 57.2 cm³/mol. The van der Waals surface area contributed by atoms with Gasteiger partial charge in [0, 0.05) is 18.1 Å². The summed E-state index contributed by atoms with van der Waals surface area (Å²) >= 11 is 0. The fourth-order valence-corrected chi connectivity index (χ4v) is 1.14. The standard InChI is InChI=1S/C11H14N2/c1-4-7-8-13-10(5-2)9-12-11(13)6-3/h4,6-9H,1,3,5H2,2H3/b8-7-. The van der Waals surface area contributed by atoms with Crippen LogP contribution >= 0.6 is 0 Å². The topological polar surface area (TPSA) is 17.8 Å². The molecule has 0 saturated heterocycles. The molecule has 0 atom stereocenters. The average molecular weight is 174 g/mol. The van der Waals surface area contributed by atoms with Crippen LogP contribution in [0.2, 0.25) is 0 Å². The third-order valence-electron chi connectivity index (χ3n) is 1.82. The van der Waals surface area contributed by atoms with Gasteiger partial charge in [-0.15, -0.1) is 0 Å². The van der Waals surface area contributed by atoms with Gasteiger partial charge in [-0.25, -0.2) is 4.98 Å². The van der Waals surface area contributed by atoms with Crippen molar-refractivity contribution in [2.75, 3.05) is 0 Å². The van der Waals surface area contributed by atoms with E-state index in [-0.39, 0.29) is 0 Å². The monoisotopic (exact) mass is 174 g/mol. The summed E-state index contributed by atoms with van der Waals surface area (Å²) in [4.78, 5) is 4.22. The SMILES string of the molecule is C=C/C=C\n1c(CC)cnc1C=C. The number of aromatic nitrogens is 2. The van der Waals surface area contributed by atoms with E-state index < -0.39 is 0 Å². The van der Waals surface area contributed by atoms with Crippen molar-refractivity contribution in [2.45, 2.75) is 13.3 Å². The van der Waals surface area contributed by atoms with E-state index in [1.54, 1.807) is 12.2 Å². The van der Waals surface area contributed by atoms with E-state index in [1.165, 1.54) is 5.69 Å². The molecule has 0 spiro atoms. The summed E-state index contributed by atoms with van der Waals surface area (Å²) in [6.07, 6.45) is 10.1. The molecule has 0 amide bonds. The molecule has 2 heteroatoms. The molecule has 0 aromatic carbocycles. The van der Waals surface area contributed by atoms with Crippen LogP contribution in [0.5, 0.6) is 0 Å². The Labute approximate surface area is 78.9 Å². The summed E-state index contributed by atoms with van der Waals surface area (Å²) in [6, 6.07) is 0. The molecule has 0 aliphatic rings. The van der Waals surface area contributed by atoms with Crippen molar-refractivity contribution in [1.29, 1.82) is 0 Å². The van der Waals surface area contributed by atoms with Crippen molar-refractivity contribution in [3.63, 3.8) is 0 Å². The van der Waals surface area contributed by atoms with Crippen molar-refractivity contribution in [3.05, 3.63) is 43.0 Å². The van der Waals surface area contributed by atoms with E-state index >= 15 is 0 Å². The van der Waals surface area contributed by atoms with Crippen LogP contribution < -0.4 is 0 Å². The molecule has 0 aliphatic carbocycles. The first kappa shape index (κ1) is 9.52. The number of imidazole rings is 1. The Bertz CT molecular complexity index is 332. The summed E-state index contributed by atoms with van der Waals surface area (Å²) in [5, 5.41) is 0. The molecule has 1 aromatic heterocycles. The molecule has 1 aromatic rings. The van der Waals surface area contributed by atoms with Crippen LogP contribution in [0.1, 0.15) is 18.4 Å². The lowest BCUT2D eigenvalue weighted by atomic mass is 10.3. The van der Waals surface area contributed by atoms with Crippen LogP contribution in [0.15, 0.2) is 31.5 Å². The summed E-state index contributed by atoms with van der Waals surface area (Å²) in [7, 11) is 0. The molecule has 0 aliphatic heterocycles. The van der Waals surface area contributed by atoms with Crippen LogP contribution in [-0.2, 0) is 6.42 Å². The van der Waals surface area contributed by atoms with Gasteiger partial charge in [0.25, 0.3) is 0 Å². The van der Waals surface area contributed by atoms with Crippen LogP contribution in [-0.4, -0.2) is 9.55 Å². The fourth-order valence-electron chi connectivity index (χ4n) is 1.14. The normalized spacial score (nSPS) is 10.5. The first-order chi connectivity index (χ1) is 6.33. The zero-order chi connectivity index (χ0) is 9.68. The third-order valence-corrected chi connectivity index (χ3v) is 1.82. The largest absolute Gasteiger partial charge is 0.304 e. The molecule has 68 valence electrons. The minimum Gasteiger partial charge on any atom is -0.304 e. The molecule has 0 fully saturated rings. The van der Waals surface area contributed by atoms with E-state index in [1.807, 2.05) is 23.0 Å². The Morgan fingerprint density at radius 1 is 1.54 bits per heavy atom. The number of hydrogen-bond acceptors (Lipinski definition) is 1. The second kappa shape index (κ2) is 4.45. The minimum atomic E-state index is 0.870. The highest BCUT2D eigenvalue weighted by Crippen LogP contribution is 2.08.